The lowest BCUT2D eigenvalue weighted by atomic mass is 9.98. The fourth-order valence-electron chi connectivity index (χ4n) is 3.94. The Morgan fingerprint density at radius 3 is 2.53 bits per heavy atom. The van der Waals surface area contributed by atoms with E-state index < -0.39 is 23.2 Å². The van der Waals surface area contributed by atoms with E-state index in [1.165, 1.54) is 29.3 Å². The number of nitrogens with one attached hydrogen (secondary N) is 1. The van der Waals surface area contributed by atoms with Crippen molar-refractivity contribution in [3.8, 4) is 22.4 Å². The smallest absolute Gasteiger partial charge is 0.262 e. The first-order valence-corrected chi connectivity index (χ1v) is 11.2. The van der Waals surface area contributed by atoms with Gasteiger partial charge in [0, 0.05) is 36.5 Å². The van der Waals surface area contributed by atoms with Crippen molar-refractivity contribution in [2.24, 2.45) is 0 Å². The minimum Gasteiger partial charge on any atom is -0.319 e. The van der Waals surface area contributed by atoms with Crippen LogP contribution in [0, 0.1) is 18.7 Å². The molecule has 1 amide bonds. The third-order valence-corrected chi connectivity index (χ3v) is 5.82. The fourth-order valence-corrected chi connectivity index (χ4v) is 3.94. The van der Waals surface area contributed by atoms with Gasteiger partial charge in [0.2, 0.25) is 5.95 Å². The highest BCUT2D eigenvalue weighted by Gasteiger charge is 2.23. The lowest BCUT2D eigenvalue weighted by Crippen LogP contribution is -2.22. The monoisotopic (exact) mass is 487 g/mol. The molecule has 5 aromatic rings. The molecule has 0 radical (unpaired) electrons. The summed E-state index contributed by atoms with van der Waals surface area (Å²) in [4.78, 5) is 25.6. The number of rotatable bonds is 4. The van der Waals surface area contributed by atoms with Gasteiger partial charge in [-0.05, 0) is 68.7 Å². The van der Waals surface area contributed by atoms with Crippen molar-refractivity contribution in [2.45, 2.75) is 33.2 Å². The molecule has 0 spiro atoms. The van der Waals surface area contributed by atoms with Crippen molar-refractivity contribution < 1.29 is 13.6 Å². The van der Waals surface area contributed by atoms with E-state index in [2.05, 4.69) is 25.4 Å². The third kappa shape index (κ3) is 4.21. The fraction of sp³-hybridized carbons (Fsp3) is 0.192. The highest BCUT2D eigenvalue weighted by molar-refractivity contribution is 6.04. The number of pyridine rings is 1. The van der Waals surface area contributed by atoms with Crippen LogP contribution in [0.4, 0.5) is 14.5 Å². The maximum atomic E-state index is 14.9. The van der Waals surface area contributed by atoms with Gasteiger partial charge < -0.3 is 9.72 Å². The van der Waals surface area contributed by atoms with Crippen LogP contribution in [0.25, 0.3) is 28.0 Å². The average molecular weight is 488 g/mol. The molecule has 4 heterocycles. The predicted octanol–water partition coefficient (Wildman–Crippen LogP) is 5.25. The molecule has 0 saturated heterocycles. The number of hydrogen-bond acceptors (Lipinski definition) is 5. The Kier molecular flexibility index (Phi) is 5.58. The lowest BCUT2D eigenvalue weighted by molar-refractivity contribution is 0.102. The van der Waals surface area contributed by atoms with E-state index in [1.54, 1.807) is 31.6 Å². The van der Waals surface area contributed by atoms with E-state index in [0.29, 0.717) is 22.5 Å². The van der Waals surface area contributed by atoms with E-state index in [9.17, 15) is 13.6 Å². The molecule has 0 atom stereocenters. The number of carbonyl (C=O) groups excluding carboxylic acids is 1. The van der Waals surface area contributed by atoms with Crippen LogP contribution in [0.2, 0.25) is 0 Å². The van der Waals surface area contributed by atoms with Crippen molar-refractivity contribution in [3.05, 3.63) is 84.5 Å². The number of aryl methyl sites for hydroxylation is 1. The number of fused-ring (bicyclic) bond motifs is 1. The van der Waals surface area contributed by atoms with Crippen LogP contribution in [0.5, 0.6) is 0 Å². The number of nitrogens with zero attached hydrogens (tertiary/aromatic N) is 6. The van der Waals surface area contributed by atoms with Gasteiger partial charge in [0.15, 0.2) is 0 Å². The minimum absolute atomic E-state index is 0.0715. The molecule has 0 unspecified atom stereocenters. The van der Waals surface area contributed by atoms with Crippen molar-refractivity contribution in [1.29, 1.82) is 0 Å². The maximum absolute atomic E-state index is 14.9. The van der Waals surface area contributed by atoms with Crippen LogP contribution in [0.3, 0.4) is 0 Å². The number of carbonyl (C=O) groups is 1. The van der Waals surface area contributed by atoms with E-state index in [1.807, 2.05) is 37.4 Å². The van der Waals surface area contributed by atoms with Gasteiger partial charge in [0.25, 0.3) is 5.91 Å². The molecule has 10 heteroatoms. The Bertz CT molecular complexity index is 1600. The average Bonchev–Trinajstić information content (AvgIpc) is 3.47. The largest absolute Gasteiger partial charge is 0.319 e. The summed E-state index contributed by atoms with van der Waals surface area (Å²) in [6, 6.07) is 6.56. The first kappa shape index (κ1) is 23.3. The van der Waals surface area contributed by atoms with Crippen molar-refractivity contribution in [1.82, 2.24) is 29.1 Å². The van der Waals surface area contributed by atoms with Gasteiger partial charge >= 0.3 is 0 Å². The molecule has 36 heavy (non-hydrogen) atoms. The molecule has 5 rings (SSSR count). The first-order valence-electron chi connectivity index (χ1n) is 11.2. The number of benzene rings is 1. The van der Waals surface area contributed by atoms with E-state index >= 15 is 0 Å². The lowest BCUT2D eigenvalue weighted by Gasteiger charge is -2.18. The van der Waals surface area contributed by atoms with E-state index in [4.69, 9.17) is 0 Å². The number of imidazole rings is 1. The van der Waals surface area contributed by atoms with Crippen molar-refractivity contribution in [2.75, 3.05) is 5.32 Å². The van der Waals surface area contributed by atoms with Crippen LogP contribution >= 0.6 is 0 Å². The molecule has 1 N–H and O–H groups in total. The summed E-state index contributed by atoms with van der Waals surface area (Å²) in [7, 11) is 0. The Morgan fingerprint density at radius 1 is 1.03 bits per heavy atom. The topological polar surface area (TPSA) is 90.0 Å². The summed E-state index contributed by atoms with van der Waals surface area (Å²) in [5.74, 6) is -2.34. The zero-order valence-electron chi connectivity index (χ0n) is 20.1. The molecular weight excluding hydrogens is 464 g/mol. The second-order valence-electron chi connectivity index (χ2n) is 9.45. The van der Waals surface area contributed by atoms with Gasteiger partial charge in [-0.2, -0.15) is 4.39 Å². The van der Waals surface area contributed by atoms with Gasteiger partial charge in [-0.25, -0.2) is 19.3 Å². The predicted molar refractivity (Wildman–Crippen MR) is 131 cm³/mol. The summed E-state index contributed by atoms with van der Waals surface area (Å²) in [6.07, 6.45) is 9.77. The summed E-state index contributed by atoms with van der Waals surface area (Å²) < 4.78 is 32.5. The minimum atomic E-state index is -0.921. The van der Waals surface area contributed by atoms with Crippen molar-refractivity contribution in [3.63, 3.8) is 0 Å². The van der Waals surface area contributed by atoms with Crippen molar-refractivity contribution >= 4 is 17.2 Å². The summed E-state index contributed by atoms with van der Waals surface area (Å²) >= 11 is 0. The van der Waals surface area contributed by atoms with E-state index in [-0.39, 0.29) is 11.3 Å². The van der Waals surface area contributed by atoms with Crippen LogP contribution in [-0.2, 0) is 5.54 Å². The molecule has 0 aliphatic heterocycles. The standard InChI is InChI=1S/C26H23F2N7O/c1-15-9-20(27)22(32-25(36)19-13-35(26(2,3)4)33-23(19)28)11-17(15)16-10-18(21-5-6-29-14-31-21)24-30-7-8-34(24)12-16/h5-14H,1-4H3,(H,32,36). The molecule has 8 nitrogen and oxygen atoms in total. The zero-order valence-corrected chi connectivity index (χ0v) is 20.1. The number of amides is 1. The van der Waals surface area contributed by atoms with Gasteiger partial charge in [-0.1, -0.05) is 0 Å². The summed E-state index contributed by atoms with van der Waals surface area (Å²) in [6.45, 7) is 7.28. The first-order chi connectivity index (χ1) is 17.1. The quantitative estimate of drug-likeness (QED) is 0.374. The molecule has 0 fully saturated rings. The van der Waals surface area contributed by atoms with Crippen LogP contribution in [-0.4, -0.2) is 35.0 Å². The van der Waals surface area contributed by atoms with Crippen LogP contribution in [0.15, 0.2) is 61.6 Å². The molecule has 4 aromatic heterocycles. The number of halogens is 2. The molecule has 0 aliphatic carbocycles. The molecule has 0 bridgehead atoms. The Balaban J connectivity index is 1.56. The van der Waals surface area contributed by atoms with Crippen LogP contribution in [0.1, 0.15) is 36.7 Å². The van der Waals surface area contributed by atoms with Crippen LogP contribution < -0.4 is 5.32 Å². The highest BCUT2D eigenvalue weighted by Crippen LogP contribution is 2.33. The third-order valence-electron chi connectivity index (χ3n) is 5.82. The van der Waals surface area contributed by atoms with Gasteiger partial charge in [-0.3, -0.25) is 9.48 Å². The molecule has 0 saturated carbocycles. The summed E-state index contributed by atoms with van der Waals surface area (Å²) in [5.41, 5.74) is 3.40. The highest BCUT2D eigenvalue weighted by atomic mass is 19.1. The zero-order chi connectivity index (χ0) is 25.6. The second kappa shape index (κ2) is 8.63. The van der Waals surface area contributed by atoms with Gasteiger partial charge in [-0.15, -0.1) is 5.10 Å². The molecule has 0 aliphatic rings. The van der Waals surface area contributed by atoms with E-state index in [0.717, 1.165) is 11.1 Å². The normalized spacial score (nSPS) is 11.7. The second-order valence-corrected chi connectivity index (χ2v) is 9.45. The Morgan fingerprint density at radius 2 is 1.83 bits per heavy atom. The number of aromatic nitrogens is 6. The Hall–Kier alpha value is -4.47. The van der Waals surface area contributed by atoms with Gasteiger partial charge in [0.05, 0.1) is 16.9 Å². The number of anilines is 1. The molecule has 1 aromatic carbocycles. The SMILES string of the molecule is Cc1cc(F)c(NC(=O)c2cn(C(C)(C)C)nc2F)cc1-c1cc(-c2ccncn2)c2nccn2c1. The summed E-state index contributed by atoms with van der Waals surface area (Å²) in [5, 5.41) is 6.29. The number of hydrogen-bond donors (Lipinski definition) is 1. The van der Waals surface area contributed by atoms with Gasteiger partial charge in [0.1, 0.15) is 23.4 Å². The molecule has 182 valence electrons. The molecular formula is C26H23F2N7O. The maximum Gasteiger partial charge on any atom is 0.262 e. The Labute approximate surface area is 205 Å².